The van der Waals surface area contributed by atoms with Gasteiger partial charge >= 0.3 is 12.1 Å². The van der Waals surface area contributed by atoms with Crippen LogP contribution in [0.25, 0.3) is 0 Å². The van der Waals surface area contributed by atoms with Gasteiger partial charge in [0.25, 0.3) is 10.0 Å². The Morgan fingerprint density at radius 3 is 2.49 bits per heavy atom. The SMILES string of the molecule is CC[C@H]1CCc2cc(C(F)(F)F)ccc2N1S(=O)(=O)c1ccc(OCC2CCOCC2)c(C(=O)OC)c1. The van der Waals surface area contributed by atoms with Crippen molar-refractivity contribution in [3.05, 3.63) is 53.1 Å². The molecule has 1 fully saturated rings. The molecule has 1 atom stereocenters. The zero-order valence-corrected chi connectivity index (χ0v) is 21.5. The zero-order chi connectivity index (χ0) is 26.8. The van der Waals surface area contributed by atoms with Crippen molar-refractivity contribution >= 4 is 21.7 Å². The number of anilines is 1. The number of aryl methyl sites for hydroxylation is 1. The lowest BCUT2D eigenvalue weighted by Crippen LogP contribution is -2.43. The van der Waals surface area contributed by atoms with E-state index in [0.717, 1.165) is 25.0 Å². The summed E-state index contributed by atoms with van der Waals surface area (Å²) < 4.78 is 84.9. The summed E-state index contributed by atoms with van der Waals surface area (Å²) in [6.07, 6.45) is -1.71. The number of ether oxygens (including phenoxy) is 3. The normalized spacial score (nSPS) is 18.8. The Labute approximate surface area is 214 Å². The number of hydrogen-bond acceptors (Lipinski definition) is 6. The third-order valence-electron chi connectivity index (χ3n) is 6.92. The van der Waals surface area contributed by atoms with Crippen LogP contribution in [-0.4, -0.2) is 47.4 Å². The van der Waals surface area contributed by atoms with Crippen molar-refractivity contribution in [2.24, 2.45) is 5.92 Å². The molecule has 2 aliphatic heterocycles. The Hall–Kier alpha value is -2.79. The van der Waals surface area contributed by atoms with Gasteiger partial charge in [-0.2, -0.15) is 13.2 Å². The van der Waals surface area contributed by atoms with Gasteiger partial charge in [-0.15, -0.1) is 0 Å². The van der Waals surface area contributed by atoms with E-state index in [9.17, 15) is 26.4 Å². The van der Waals surface area contributed by atoms with Crippen LogP contribution in [0, 0.1) is 5.92 Å². The molecule has 0 unspecified atom stereocenters. The molecule has 2 heterocycles. The minimum absolute atomic E-state index is 0.0339. The molecule has 1 saturated heterocycles. The van der Waals surface area contributed by atoms with Gasteiger partial charge in [0.05, 0.1) is 29.9 Å². The molecular weight excluding hydrogens is 511 g/mol. The maximum atomic E-state index is 13.9. The Balaban J connectivity index is 1.70. The molecule has 0 bridgehead atoms. The van der Waals surface area contributed by atoms with E-state index in [1.165, 1.54) is 35.7 Å². The number of carbonyl (C=O) groups excluding carboxylic acids is 1. The molecular formula is C26H30F3NO6S. The fourth-order valence-corrected chi connectivity index (χ4v) is 6.63. The van der Waals surface area contributed by atoms with Gasteiger partial charge in [-0.1, -0.05) is 6.92 Å². The van der Waals surface area contributed by atoms with Crippen molar-refractivity contribution in [1.29, 1.82) is 0 Å². The maximum Gasteiger partial charge on any atom is 0.416 e. The van der Waals surface area contributed by atoms with E-state index >= 15 is 0 Å². The highest BCUT2D eigenvalue weighted by Crippen LogP contribution is 2.40. The Bertz CT molecular complexity index is 1240. The standard InChI is InChI=1S/C26H30F3NO6S/c1-3-20-6-4-18-14-19(26(27,28)29)5-8-23(18)30(20)37(32,33)21-7-9-24(22(15-21)25(31)34-2)36-16-17-10-12-35-13-11-17/h5,7-9,14-15,17,20H,3-4,6,10-13,16H2,1-2H3/t20-/m0/s1. The fraction of sp³-hybridized carbons (Fsp3) is 0.500. The second-order valence-corrected chi connectivity index (χ2v) is 11.1. The number of sulfonamides is 1. The topological polar surface area (TPSA) is 82.1 Å². The van der Waals surface area contributed by atoms with Gasteiger partial charge in [-0.25, -0.2) is 13.2 Å². The number of carbonyl (C=O) groups is 1. The molecule has 2 aromatic carbocycles. The molecule has 0 amide bonds. The molecule has 11 heteroatoms. The Kier molecular flexibility index (Phi) is 8.03. The number of halogens is 3. The minimum atomic E-state index is -4.53. The molecule has 202 valence electrons. The highest BCUT2D eigenvalue weighted by atomic mass is 32.2. The minimum Gasteiger partial charge on any atom is -0.492 e. The van der Waals surface area contributed by atoms with Gasteiger partial charge in [0.2, 0.25) is 0 Å². The molecule has 7 nitrogen and oxygen atoms in total. The first-order chi connectivity index (χ1) is 17.6. The lowest BCUT2D eigenvalue weighted by Gasteiger charge is -2.37. The monoisotopic (exact) mass is 541 g/mol. The summed E-state index contributed by atoms with van der Waals surface area (Å²) >= 11 is 0. The smallest absolute Gasteiger partial charge is 0.416 e. The van der Waals surface area contributed by atoms with Gasteiger partial charge in [0.1, 0.15) is 11.3 Å². The highest BCUT2D eigenvalue weighted by Gasteiger charge is 2.38. The molecule has 0 aromatic heterocycles. The molecule has 37 heavy (non-hydrogen) atoms. The molecule has 0 aliphatic carbocycles. The van der Waals surface area contributed by atoms with Gasteiger partial charge < -0.3 is 14.2 Å². The average molecular weight is 542 g/mol. The summed E-state index contributed by atoms with van der Waals surface area (Å²) in [6.45, 7) is 3.44. The summed E-state index contributed by atoms with van der Waals surface area (Å²) in [5.41, 5.74) is -0.329. The first-order valence-corrected chi connectivity index (χ1v) is 13.7. The third-order valence-corrected chi connectivity index (χ3v) is 8.79. The highest BCUT2D eigenvalue weighted by molar-refractivity contribution is 7.92. The molecule has 0 N–H and O–H groups in total. The van der Waals surface area contributed by atoms with Crippen molar-refractivity contribution < 1.29 is 40.6 Å². The molecule has 2 aromatic rings. The molecule has 0 radical (unpaired) electrons. The first kappa shape index (κ1) is 27.3. The summed E-state index contributed by atoms with van der Waals surface area (Å²) in [6, 6.07) is 6.67. The number of fused-ring (bicyclic) bond motifs is 1. The van der Waals surface area contributed by atoms with Crippen LogP contribution >= 0.6 is 0 Å². The lowest BCUT2D eigenvalue weighted by molar-refractivity contribution is -0.137. The van der Waals surface area contributed by atoms with Crippen LogP contribution in [0.15, 0.2) is 41.3 Å². The van der Waals surface area contributed by atoms with Crippen LogP contribution in [0.4, 0.5) is 18.9 Å². The summed E-state index contributed by atoms with van der Waals surface area (Å²) in [5, 5.41) is 0. The van der Waals surface area contributed by atoms with Crippen molar-refractivity contribution in [1.82, 2.24) is 0 Å². The van der Waals surface area contributed by atoms with Crippen LogP contribution in [0.3, 0.4) is 0 Å². The fourth-order valence-electron chi connectivity index (χ4n) is 4.81. The van der Waals surface area contributed by atoms with Crippen molar-refractivity contribution in [3.8, 4) is 5.75 Å². The van der Waals surface area contributed by atoms with Crippen LogP contribution in [0.2, 0.25) is 0 Å². The van der Waals surface area contributed by atoms with E-state index < -0.39 is 33.8 Å². The third kappa shape index (κ3) is 5.72. The van der Waals surface area contributed by atoms with E-state index in [4.69, 9.17) is 14.2 Å². The number of benzene rings is 2. The number of nitrogens with zero attached hydrogens (tertiary/aromatic N) is 1. The quantitative estimate of drug-likeness (QED) is 0.447. The van der Waals surface area contributed by atoms with E-state index in [2.05, 4.69) is 0 Å². The lowest BCUT2D eigenvalue weighted by atomic mass is 9.95. The van der Waals surface area contributed by atoms with Crippen LogP contribution in [-0.2, 0) is 32.1 Å². The molecule has 0 saturated carbocycles. The van der Waals surface area contributed by atoms with Gasteiger partial charge in [-0.3, -0.25) is 4.31 Å². The van der Waals surface area contributed by atoms with Gasteiger partial charge in [0.15, 0.2) is 0 Å². The van der Waals surface area contributed by atoms with Crippen molar-refractivity contribution in [3.63, 3.8) is 0 Å². The predicted molar refractivity (Wildman–Crippen MR) is 130 cm³/mol. The van der Waals surface area contributed by atoms with E-state index in [-0.39, 0.29) is 27.8 Å². The van der Waals surface area contributed by atoms with Crippen LogP contribution in [0.1, 0.15) is 54.1 Å². The van der Waals surface area contributed by atoms with E-state index in [1.54, 1.807) is 0 Å². The molecule has 0 spiro atoms. The first-order valence-electron chi connectivity index (χ1n) is 12.2. The maximum absolute atomic E-state index is 13.9. The average Bonchev–Trinajstić information content (AvgIpc) is 2.90. The largest absolute Gasteiger partial charge is 0.492 e. The number of rotatable bonds is 7. The van der Waals surface area contributed by atoms with Crippen LogP contribution in [0.5, 0.6) is 5.75 Å². The van der Waals surface area contributed by atoms with Crippen LogP contribution < -0.4 is 9.04 Å². The second-order valence-electron chi connectivity index (χ2n) is 9.26. The summed E-state index contributed by atoms with van der Waals surface area (Å²) in [5.74, 6) is -0.294. The number of alkyl halides is 3. The number of esters is 1. The molecule has 2 aliphatic rings. The second kappa shape index (κ2) is 10.9. The predicted octanol–water partition coefficient (Wildman–Crippen LogP) is 5.22. The number of methoxy groups -OCH3 is 1. The van der Waals surface area contributed by atoms with Crippen molar-refractivity contribution in [2.75, 3.05) is 31.2 Å². The Morgan fingerprint density at radius 2 is 1.84 bits per heavy atom. The van der Waals surface area contributed by atoms with E-state index in [1.807, 2.05) is 6.92 Å². The van der Waals surface area contributed by atoms with Gasteiger partial charge in [0, 0.05) is 19.3 Å². The Morgan fingerprint density at radius 1 is 1.11 bits per heavy atom. The zero-order valence-electron chi connectivity index (χ0n) is 20.7. The van der Waals surface area contributed by atoms with Gasteiger partial charge in [-0.05, 0) is 80.0 Å². The number of hydrogen-bond donors (Lipinski definition) is 0. The molecule has 4 rings (SSSR count). The summed E-state index contributed by atoms with van der Waals surface area (Å²) in [4.78, 5) is 12.4. The summed E-state index contributed by atoms with van der Waals surface area (Å²) in [7, 11) is -3.04. The van der Waals surface area contributed by atoms with E-state index in [0.29, 0.717) is 44.6 Å². The van der Waals surface area contributed by atoms with Crippen molar-refractivity contribution in [2.45, 2.75) is 56.1 Å².